The summed E-state index contributed by atoms with van der Waals surface area (Å²) >= 11 is 5.32. The van der Waals surface area contributed by atoms with Crippen LogP contribution < -0.4 is 15.4 Å². The van der Waals surface area contributed by atoms with Gasteiger partial charge in [0, 0.05) is 23.0 Å². The Morgan fingerprint density at radius 3 is 2.67 bits per heavy atom. The fourth-order valence-electron chi connectivity index (χ4n) is 2.85. The Morgan fingerprint density at radius 2 is 1.93 bits per heavy atom. The van der Waals surface area contributed by atoms with Crippen LogP contribution in [-0.4, -0.2) is 28.1 Å². The molecule has 0 atom stereocenters. The number of aryl methyl sites for hydroxylation is 1. The predicted molar refractivity (Wildman–Crippen MR) is 119 cm³/mol. The van der Waals surface area contributed by atoms with Crippen molar-refractivity contribution in [2.75, 3.05) is 12.4 Å². The summed E-state index contributed by atoms with van der Waals surface area (Å²) in [6.07, 6.45) is 1.67. The number of oxazole rings is 1. The van der Waals surface area contributed by atoms with Crippen LogP contribution in [-0.2, 0) is 0 Å². The minimum atomic E-state index is -0.311. The van der Waals surface area contributed by atoms with Crippen LogP contribution in [0.15, 0.2) is 65.2 Å². The summed E-state index contributed by atoms with van der Waals surface area (Å²) < 4.78 is 10.9. The Balaban J connectivity index is 1.50. The van der Waals surface area contributed by atoms with Crippen LogP contribution in [0.2, 0.25) is 0 Å². The van der Waals surface area contributed by atoms with E-state index in [4.69, 9.17) is 21.4 Å². The molecule has 2 aromatic heterocycles. The fourth-order valence-corrected chi connectivity index (χ4v) is 3.06. The monoisotopic (exact) mass is 418 g/mol. The van der Waals surface area contributed by atoms with E-state index in [0.717, 1.165) is 16.8 Å². The fraction of sp³-hybridized carbons (Fsp3) is 0.0909. The van der Waals surface area contributed by atoms with Crippen LogP contribution in [0.5, 0.6) is 5.75 Å². The summed E-state index contributed by atoms with van der Waals surface area (Å²) in [6.45, 7) is 1.94. The third-order valence-corrected chi connectivity index (χ3v) is 4.68. The van der Waals surface area contributed by atoms with Gasteiger partial charge in [0.2, 0.25) is 5.89 Å². The van der Waals surface area contributed by atoms with Gasteiger partial charge in [-0.2, -0.15) is 4.98 Å². The molecular formula is C22H18N4O3S. The number of fused-ring (bicyclic) bond motifs is 1. The van der Waals surface area contributed by atoms with E-state index in [2.05, 4.69) is 20.6 Å². The number of amides is 1. The molecule has 4 rings (SSSR count). The number of pyridine rings is 1. The molecule has 2 N–H and O–H groups in total. The second kappa shape index (κ2) is 8.30. The average molecular weight is 418 g/mol. The standard InChI is InChI=1S/C22H18N4O3S/c1-13-5-6-15(21-25-19-18(29-21)4-3-11-23-19)12-17(13)24-22(30)26-20(27)14-7-9-16(28-2)10-8-14/h3-12H,1-2H3,(H2,24,26,27,30). The summed E-state index contributed by atoms with van der Waals surface area (Å²) in [7, 11) is 1.57. The molecule has 0 saturated heterocycles. The number of hydrogen-bond acceptors (Lipinski definition) is 6. The summed E-state index contributed by atoms with van der Waals surface area (Å²) in [4.78, 5) is 21.0. The van der Waals surface area contributed by atoms with Gasteiger partial charge in [0.15, 0.2) is 16.3 Å². The second-order valence-corrected chi connectivity index (χ2v) is 6.92. The number of nitrogens with zero attached hydrogens (tertiary/aromatic N) is 2. The molecule has 2 aromatic carbocycles. The second-order valence-electron chi connectivity index (χ2n) is 6.51. The van der Waals surface area contributed by atoms with E-state index >= 15 is 0 Å². The number of rotatable bonds is 4. The zero-order chi connectivity index (χ0) is 21.1. The molecule has 0 fully saturated rings. The number of nitrogens with one attached hydrogen (secondary N) is 2. The van der Waals surface area contributed by atoms with Gasteiger partial charge in [-0.05, 0) is 73.2 Å². The van der Waals surface area contributed by atoms with Crippen LogP contribution in [0.1, 0.15) is 15.9 Å². The highest BCUT2D eigenvalue weighted by Crippen LogP contribution is 2.27. The average Bonchev–Trinajstić information content (AvgIpc) is 3.19. The molecule has 0 bridgehead atoms. The van der Waals surface area contributed by atoms with Crippen LogP contribution in [0.25, 0.3) is 22.7 Å². The lowest BCUT2D eigenvalue weighted by molar-refractivity contribution is 0.0977. The van der Waals surface area contributed by atoms with Gasteiger partial charge in [-0.1, -0.05) is 6.07 Å². The third kappa shape index (κ3) is 4.13. The van der Waals surface area contributed by atoms with Crippen molar-refractivity contribution in [2.45, 2.75) is 6.92 Å². The largest absolute Gasteiger partial charge is 0.497 e. The van der Waals surface area contributed by atoms with Crippen molar-refractivity contribution in [1.82, 2.24) is 15.3 Å². The Morgan fingerprint density at radius 1 is 1.13 bits per heavy atom. The number of aromatic nitrogens is 2. The quantitative estimate of drug-likeness (QED) is 0.477. The van der Waals surface area contributed by atoms with E-state index < -0.39 is 0 Å². The number of hydrogen-bond donors (Lipinski definition) is 2. The number of carbonyl (C=O) groups is 1. The zero-order valence-electron chi connectivity index (χ0n) is 16.3. The maximum absolute atomic E-state index is 12.4. The minimum absolute atomic E-state index is 0.190. The molecule has 0 radical (unpaired) electrons. The first-order valence-corrected chi connectivity index (χ1v) is 9.53. The van der Waals surface area contributed by atoms with E-state index in [1.165, 1.54) is 0 Å². The lowest BCUT2D eigenvalue weighted by Gasteiger charge is -2.13. The summed E-state index contributed by atoms with van der Waals surface area (Å²) in [5, 5.41) is 5.94. The molecule has 0 aliphatic heterocycles. The highest BCUT2D eigenvalue weighted by Gasteiger charge is 2.13. The van der Waals surface area contributed by atoms with Crippen molar-refractivity contribution in [1.29, 1.82) is 0 Å². The molecule has 1 amide bonds. The molecule has 0 saturated carbocycles. The van der Waals surface area contributed by atoms with E-state index in [1.54, 1.807) is 43.6 Å². The molecule has 8 heteroatoms. The Labute approximate surface area is 178 Å². The minimum Gasteiger partial charge on any atom is -0.497 e. The van der Waals surface area contributed by atoms with Crippen molar-refractivity contribution in [3.05, 3.63) is 71.9 Å². The molecular weight excluding hydrogens is 400 g/mol. The molecule has 30 heavy (non-hydrogen) atoms. The smallest absolute Gasteiger partial charge is 0.257 e. The van der Waals surface area contributed by atoms with Gasteiger partial charge in [-0.3, -0.25) is 10.1 Å². The maximum Gasteiger partial charge on any atom is 0.257 e. The number of thiocarbonyl (C=S) groups is 1. The normalized spacial score (nSPS) is 10.6. The van der Waals surface area contributed by atoms with Gasteiger partial charge in [0.05, 0.1) is 7.11 Å². The lowest BCUT2D eigenvalue weighted by atomic mass is 10.1. The molecule has 0 spiro atoms. The van der Waals surface area contributed by atoms with Gasteiger partial charge in [0.25, 0.3) is 5.91 Å². The van der Waals surface area contributed by atoms with E-state index in [-0.39, 0.29) is 11.0 Å². The molecule has 0 unspecified atom stereocenters. The zero-order valence-corrected chi connectivity index (χ0v) is 17.1. The van der Waals surface area contributed by atoms with Gasteiger partial charge in [0.1, 0.15) is 5.75 Å². The number of methoxy groups -OCH3 is 1. The van der Waals surface area contributed by atoms with Crippen molar-refractivity contribution < 1.29 is 13.9 Å². The van der Waals surface area contributed by atoms with Crippen LogP contribution in [0, 0.1) is 6.92 Å². The molecule has 2 heterocycles. The number of ether oxygens (including phenoxy) is 1. The van der Waals surface area contributed by atoms with Crippen molar-refractivity contribution in [3.8, 4) is 17.2 Å². The highest BCUT2D eigenvalue weighted by atomic mass is 32.1. The number of benzene rings is 2. The van der Waals surface area contributed by atoms with Crippen LogP contribution in [0.3, 0.4) is 0 Å². The molecule has 4 aromatic rings. The summed E-state index contributed by atoms with van der Waals surface area (Å²) in [5.41, 5.74) is 4.10. The van der Waals surface area contributed by atoms with Crippen LogP contribution in [0.4, 0.5) is 5.69 Å². The highest BCUT2D eigenvalue weighted by molar-refractivity contribution is 7.80. The molecule has 150 valence electrons. The lowest BCUT2D eigenvalue weighted by Crippen LogP contribution is -2.34. The first-order chi connectivity index (χ1) is 14.5. The topological polar surface area (TPSA) is 89.3 Å². The Bertz CT molecular complexity index is 1200. The Hall–Kier alpha value is -3.78. The van der Waals surface area contributed by atoms with E-state index in [1.807, 2.05) is 31.2 Å². The van der Waals surface area contributed by atoms with Gasteiger partial charge < -0.3 is 14.5 Å². The number of carbonyl (C=O) groups excluding carboxylic acids is 1. The van der Waals surface area contributed by atoms with Crippen molar-refractivity contribution in [2.24, 2.45) is 0 Å². The number of anilines is 1. The van der Waals surface area contributed by atoms with Crippen molar-refractivity contribution >= 4 is 40.2 Å². The predicted octanol–water partition coefficient (Wildman–Crippen LogP) is 4.33. The first-order valence-electron chi connectivity index (χ1n) is 9.12. The van der Waals surface area contributed by atoms with E-state index in [0.29, 0.717) is 28.4 Å². The summed E-state index contributed by atoms with van der Waals surface area (Å²) in [5.74, 6) is 0.822. The Kier molecular flexibility index (Phi) is 5.40. The molecule has 7 nitrogen and oxygen atoms in total. The van der Waals surface area contributed by atoms with Gasteiger partial charge >= 0.3 is 0 Å². The summed E-state index contributed by atoms with van der Waals surface area (Å²) in [6, 6.07) is 16.1. The van der Waals surface area contributed by atoms with Gasteiger partial charge in [-0.25, -0.2) is 4.98 Å². The SMILES string of the molecule is COc1ccc(C(=O)NC(=S)Nc2cc(-c3nc4ncccc4o3)ccc2C)cc1. The molecule has 0 aliphatic rings. The third-order valence-electron chi connectivity index (χ3n) is 4.48. The van der Waals surface area contributed by atoms with Gasteiger partial charge in [-0.15, -0.1) is 0 Å². The van der Waals surface area contributed by atoms with Crippen molar-refractivity contribution in [3.63, 3.8) is 0 Å². The maximum atomic E-state index is 12.4. The molecule has 0 aliphatic carbocycles. The first kappa shape index (κ1) is 19.5. The van der Waals surface area contributed by atoms with E-state index in [9.17, 15) is 4.79 Å². The van der Waals surface area contributed by atoms with Crippen LogP contribution >= 0.6 is 12.2 Å².